The number of aromatic amines is 1. The molecule has 3 N–H and O–H groups in total. The van der Waals surface area contributed by atoms with E-state index in [9.17, 15) is 0 Å². The lowest BCUT2D eigenvalue weighted by molar-refractivity contribution is 0.324. The van der Waals surface area contributed by atoms with Crippen LogP contribution < -0.4 is 19.9 Å². The van der Waals surface area contributed by atoms with Crippen LogP contribution in [0.25, 0.3) is 11.1 Å². The van der Waals surface area contributed by atoms with Crippen LogP contribution in [0.15, 0.2) is 24.5 Å². The van der Waals surface area contributed by atoms with Crippen molar-refractivity contribution in [3.63, 3.8) is 0 Å². The molecule has 2 rings (SSSR count). The molecule has 0 aliphatic rings. The summed E-state index contributed by atoms with van der Waals surface area (Å²) in [6.07, 6.45) is 3.79. The van der Waals surface area contributed by atoms with Gasteiger partial charge in [0.1, 0.15) is 0 Å². The summed E-state index contributed by atoms with van der Waals surface area (Å²) in [5.74, 6) is 1.83. The van der Waals surface area contributed by atoms with Crippen molar-refractivity contribution in [3.05, 3.63) is 30.1 Å². The van der Waals surface area contributed by atoms with Gasteiger partial charge in [0.15, 0.2) is 11.5 Å². The maximum absolute atomic E-state index is 5.72. The van der Waals surface area contributed by atoms with Crippen molar-refractivity contribution in [3.8, 4) is 28.4 Å². The van der Waals surface area contributed by atoms with Crippen LogP contribution in [0, 0.1) is 0 Å². The van der Waals surface area contributed by atoms with Crippen molar-refractivity contribution < 1.29 is 14.2 Å². The van der Waals surface area contributed by atoms with Gasteiger partial charge >= 0.3 is 0 Å². The predicted molar refractivity (Wildman–Crippen MR) is 73.8 cm³/mol. The summed E-state index contributed by atoms with van der Waals surface area (Å²) in [7, 11) is 4.78. The van der Waals surface area contributed by atoms with E-state index in [1.165, 1.54) is 0 Å². The van der Waals surface area contributed by atoms with Crippen LogP contribution in [0.2, 0.25) is 0 Å². The minimum absolute atomic E-state index is 0.468. The third kappa shape index (κ3) is 2.37. The Balaban J connectivity index is 2.59. The van der Waals surface area contributed by atoms with Crippen LogP contribution in [-0.4, -0.2) is 26.3 Å². The molecule has 5 nitrogen and oxygen atoms in total. The Labute approximate surface area is 112 Å². The van der Waals surface area contributed by atoms with E-state index in [0.29, 0.717) is 23.8 Å². The van der Waals surface area contributed by atoms with Crippen LogP contribution in [0.4, 0.5) is 0 Å². The fourth-order valence-electron chi connectivity index (χ4n) is 2.07. The third-order valence-electron chi connectivity index (χ3n) is 3.03. The summed E-state index contributed by atoms with van der Waals surface area (Å²) in [6.45, 7) is 0.468. The van der Waals surface area contributed by atoms with E-state index < -0.39 is 0 Å². The number of benzene rings is 1. The molecule has 5 heteroatoms. The lowest BCUT2D eigenvalue weighted by atomic mass is 10.0. The van der Waals surface area contributed by atoms with Gasteiger partial charge in [0.05, 0.1) is 21.3 Å². The van der Waals surface area contributed by atoms with E-state index in [4.69, 9.17) is 19.9 Å². The van der Waals surface area contributed by atoms with Crippen molar-refractivity contribution in [2.75, 3.05) is 21.3 Å². The third-order valence-corrected chi connectivity index (χ3v) is 3.03. The summed E-state index contributed by atoms with van der Waals surface area (Å²) in [6, 6.07) is 3.81. The van der Waals surface area contributed by atoms with Crippen LogP contribution >= 0.6 is 0 Å². The number of hydrogen-bond acceptors (Lipinski definition) is 4. The first-order valence-corrected chi connectivity index (χ1v) is 5.91. The van der Waals surface area contributed by atoms with Crippen molar-refractivity contribution in [1.29, 1.82) is 0 Å². The van der Waals surface area contributed by atoms with Crippen LogP contribution in [0.5, 0.6) is 17.2 Å². The van der Waals surface area contributed by atoms with Gasteiger partial charge in [-0.3, -0.25) is 0 Å². The number of methoxy groups -OCH3 is 3. The van der Waals surface area contributed by atoms with E-state index in [1.54, 1.807) is 21.3 Å². The Morgan fingerprint density at radius 2 is 1.63 bits per heavy atom. The largest absolute Gasteiger partial charge is 0.493 e. The number of ether oxygens (including phenoxy) is 3. The number of nitrogens with two attached hydrogens (primary N) is 1. The molecular formula is C14H18N2O3. The number of H-pyrrole nitrogens is 1. The van der Waals surface area contributed by atoms with Gasteiger partial charge < -0.3 is 24.9 Å². The molecule has 1 aromatic carbocycles. The van der Waals surface area contributed by atoms with E-state index in [0.717, 1.165) is 16.7 Å². The molecule has 0 aliphatic carbocycles. The van der Waals surface area contributed by atoms with Gasteiger partial charge in [0.2, 0.25) is 5.75 Å². The minimum atomic E-state index is 0.468. The highest BCUT2D eigenvalue weighted by Gasteiger charge is 2.15. The zero-order valence-corrected chi connectivity index (χ0v) is 11.3. The summed E-state index contributed by atoms with van der Waals surface area (Å²) in [4.78, 5) is 3.06. The number of aromatic nitrogens is 1. The maximum Gasteiger partial charge on any atom is 0.203 e. The summed E-state index contributed by atoms with van der Waals surface area (Å²) in [5, 5.41) is 0. The molecule has 0 fully saturated rings. The molecule has 0 atom stereocenters. The zero-order valence-electron chi connectivity index (χ0n) is 11.3. The first-order chi connectivity index (χ1) is 9.24. The van der Waals surface area contributed by atoms with E-state index in [2.05, 4.69) is 4.98 Å². The van der Waals surface area contributed by atoms with E-state index >= 15 is 0 Å². The highest BCUT2D eigenvalue weighted by Crippen LogP contribution is 2.41. The zero-order chi connectivity index (χ0) is 13.8. The average molecular weight is 262 g/mol. The number of rotatable bonds is 5. The summed E-state index contributed by atoms with van der Waals surface area (Å²) < 4.78 is 16.0. The molecule has 19 heavy (non-hydrogen) atoms. The Morgan fingerprint density at radius 3 is 2.11 bits per heavy atom. The molecule has 0 saturated heterocycles. The first kappa shape index (κ1) is 13.3. The topological polar surface area (TPSA) is 69.5 Å². The van der Waals surface area contributed by atoms with Gasteiger partial charge in [-0.25, -0.2) is 0 Å². The van der Waals surface area contributed by atoms with Crippen molar-refractivity contribution in [1.82, 2.24) is 4.98 Å². The van der Waals surface area contributed by atoms with Gasteiger partial charge in [0, 0.05) is 24.5 Å². The lowest BCUT2D eigenvalue weighted by Crippen LogP contribution is -1.98. The second-order valence-electron chi connectivity index (χ2n) is 4.01. The van der Waals surface area contributed by atoms with Gasteiger partial charge in [0.25, 0.3) is 0 Å². The Hall–Kier alpha value is -2.14. The second kappa shape index (κ2) is 5.67. The average Bonchev–Trinajstić information content (AvgIpc) is 2.93. The van der Waals surface area contributed by atoms with E-state index in [-0.39, 0.29) is 0 Å². The highest BCUT2D eigenvalue weighted by atomic mass is 16.5. The molecular weight excluding hydrogens is 244 g/mol. The quantitative estimate of drug-likeness (QED) is 0.866. The van der Waals surface area contributed by atoms with Crippen molar-refractivity contribution in [2.24, 2.45) is 5.73 Å². The van der Waals surface area contributed by atoms with E-state index in [1.807, 2.05) is 24.5 Å². The Kier molecular flexibility index (Phi) is 3.97. The van der Waals surface area contributed by atoms with Crippen molar-refractivity contribution in [2.45, 2.75) is 6.54 Å². The van der Waals surface area contributed by atoms with Crippen LogP contribution in [0.1, 0.15) is 5.56 Å². The highest BCUT2D eigenvalue weighted by molar-refractivity contribution is 5.73. The van der Waals surface area contributed by atoms with Gasteiger partial charge in [-0.2, -0.15) is 0 Å². The van der Waals surface area contributed by atoms with Crippen LogP contribution in [-0.2, 0) is 6.54 Å². The number of nitrogens with one attached hydrogen (secondary N) is 1. The van der Waals surface area contributed by atoms with Gasteiger partial charge in [-0.05, 0) is 23.3 Å². The molecule has 1 heterocycles. The molecule has 0 radical (unpaired) electrons. The molecule has 0 saturated carbocycles. The monoisotopic (exact) mass is 262 g/mol. The van der Waals surface area contributed by atoms with Crippen LogP contribution in [0.3, 0.4) is 0 Å². The smallest absolute Gasteiger partial charge is 0.203 e. The fourth-order valence-corrected chi connectivity index (χ4v) is 2.07. The maximum atomic E-state index is 5.72. The lowest BCUT2D eigenvalue weighted by Gasteiger charge is -2.14. The summed E-state index contributed by atoms with van der Waals surface area (Å²) in [5.41, 5.74) is 8.76. The first-order valence-electron chi connectivity index (χ1n) is 5.91. The molecule has 0 spiro atoms. The normalized spacial score (nSPS) is 10.3. The molecule has 102 valence electrons. The SMILES string of the molecule is COc1cc(-c2c[nH]cc2CN)cc(OC)c1OC. The second-order valence-corrected chi connectivity index (χ2v) is 4.01. The summed E-state index contributed by atoms with van der Waals surface area (Å²) >= 11 is 0. The Bertz CT molecular complexity index is 539. The molecule has 1 aromatic heterocycles. The standard InChI is InChI=1S/C14H18N2O3/c1-17-12-4-9(5-13(18-2)14(12)19-3)11-8-16-7-10(11)6-15/h4-5,7-8,16H,6,15H2,1-3H3. The molecule has 0 unspecified atom stereocenters. The number of hydrogen-bond donors (Lipinski definition) is 2. The Morgan fingerprint density at radius 1 is 1.00 bits per heavy atom. The molecule has 2 aromatic rings. The van der Waals surface area contributed by atoms with Gasteiger partial charge in [-0.15, -0.1) is 0 Å². The molecule has 0 aliphatic heterocycles. The minimum Gasteiger partial charge on any atom is -0.493 e. The van der Waals surface area contributed by atoms with Crippen molar-refractivity contribution >= 4 is 0 Å². The molecule has 0 amide bonds. The predicted octanol–water partition coefficient (Wildman–Crippen LogP) is 2.17. The fraction of sp³-hybridized carbons (Fsp3) is 0.286. The van der Waals surface area contributed by atoms with Gasteiger partial charge in [-0.1, -0.05) is 0 Å². The molecule has 0 bridgehead atoms.